The van der Waals surface area contributed by atoms with Crippen LogP contribution in [0.25, 0.3) is 0 Å². The number of ether oxygens (including phenoxy) is 1. The first-order chi connectivity index (χ1) is 8.63. The molecule has 0 bridgehead atoms. The summed E-state index contributed by atoms with van der Waals surface area (Å²) in [6.07, 6.45) is 2.66. The lowest BCUT2D eigenvalue weighted by molar-refractivity contribution is 0.257. The quantitative estimate of drug-likeness (QED) is 0.793. The topological polar surface area (TPSA) is 63.4 Å². The third-order valence-corrected chi connectivity index (χ3v) is 4.14. The van der Waals surface area contributed by atoms with E-state index in [9.17, 15) is 0 Å². The van der Waals surface area contributed by atoms with Gasteiger partial charge in [-0.3, -0.25) is 4.90 Å². The van der Waals surface area contributed by atoms with Gasteiger partial charge in [-0.2, -0.15) is 4.37 Å². The number of rotatable bonds is 7. The van der Waals surface area contributed by atoms with Crippen molar-refractivity contribution in [2.24, 2.45) is 0 Å². The van der Waals surface area contributed by atoms with Crippen molar-refractivity contribution >= 4 is 22.4 Å². The third-order valence-electron chi connectivity index (χ3n) is 3.34. The molecule has 1 aromatic heterocycles. The van der Waals surface area contributed by atoms with Crippen LogP contribution in [0.3, 0.4) is 0 Å². The minimum Gasteiger partial charge on any atom is -0.487 e. The second kappa shape index (κ2) is 5.75. The second-order valence-electron chi connectivity index (χ2n) is 4.79. The minimum atomic E-state index is 0.479. The summed E-state index contributed by atoms with van der Waals surface area (Å²) in [6, 6.07) is 1.27. The van der Waals surface area contributed by atoms with Crippen molar-refractivity contribution < 1.29 is 4.74 Å². The highest BCUT2D eigenvalue weighted by Gasteiger charge is 2.29. The largest absolute Gasteiger partial charge is 0.487 e. The Morgan fingerprint density at radius 2 is 2.33 bits per heavy atom. The number of hydrogen-bond donors (Lipinski definition) is 2. The number of aromatic nitrogens is 1. The van der Waals surface area contributed by atoms with Gasteiger partial charge in [-0.05, 0) is 45.3 Å². The maximum Gasteiger partial charge on any atom is 0.197 e. The normalized spacial score (nSPS) is 16.9. The number of anilines is 2. The molecular formula is C12H22N4OS. The maximum absolute atomic E-state index is 5.78. The van der Waals surface area contributed by atoms with Gasteiger partial charge in [0.05, 0.1) is 6.61 Å². The molecule has 1 heterocycles. The highest BCUT2D eigenvalue weighted by Crippen LogP contribution is 2.35. The van der Waals surface area contributed by atoms with Gasteiger partial charge in [0.25, 0.3) is 0 Å². The van der Waals surface area contributed by atoms with Gasteiger partial charge in [0.1, 0.15) is 0 Å². The molecular weight excluding hydrogens is 248 g/mol. The van der Waals surface area contributed by atoms with Crippen LogP contribution in [0.4, 0.5) is 10.8 Å². The Kier molecular flexibility index (Phi) is 4.29. The smallest absolute Gasteiger partial charge is 0.197 e. The Bertz CT molecular complexity index is 391. The lowest BCUT2D eigenvalue weighted by Crippen LogP contribution is -2.36. The van der Waals surface area contributed by atoms with Crippen molar-refractivity contribution in [3.05, 3.63) is 0 Å². The zero-order chi connectivity index (χ0) is 13.1. The van der Waals surface area contributed by atoms with Crippen molar-refractivity contribution in [3.8, 4) is 5.75 Å². The summed E-state index contributed by atoms with van der Waals surface area (Å²) in [4.78, 5) is 2.43. The fourth-order valence-corrected chi connectivity index (χ4v) is 2.58. The lowest BCUT2D eigenvalue weighted by Gasteiger charge is -2.24. The standard InChI is InChI=1S/C12H22N4OS/c1-4-17-10-11(13)15-18-12(10)14-7-8(2)16(3)9-5-6-9/h8-9,14H,4-7H2,1-3H3,(H2,13,15). The highest BCUT2D eigenvalue weighted by molar-refractivity contribution is 7.11. The first-order valence-electron chi connectivity index (χ1n) is 6.47. The summed E-state index contributed by atoms with van der Waals surface area (Å²) >= 11 is 1.36. The SMILES string of the molecule is CCOc1c(N)nsc1NCC(C)N(C)C1CC1. The molecule has 0 saturated heterocycles. The van der Waals surface area contributed by atoms with Crippen LogP contribution >= 0.6 is 11.5 Å². The van der Waals surface area contributed by atoms with Crippen LogP contribution in [0.15, 0.2) is 0 Å². The number of hydrogen-bond acceptors (Lipinski definition) is 6. The van der Waals surface area contributed by atoms with Gasteiger partial charge in [-0.25, -0.2) is 0 Å². The predicted molar refractivity (Wildman–Crippen MR) is 76.4 cm³/mol. The number of nitrogens with zero attached hydrogens (tertiary/aromatic N) is 2. The molecule has 18 heavy (non-hydrogen) atoms. The Morgan fingerprint density at radius 3 is 2.94 bits per heavy atom. The van der Waals surface area contributed by atoms with Crippen LogP contribution in [0.2, 0.25) is 0 Å². The molecule has 1 saturated carbocycles. The average Bonchev–Trinajstić information content (AvgIpc) is 3.14. The lowest BCUT2D eigenvalue weighted by atomic mass is 10.3. The summed E-state index contributed by atoms with van der Waals surface area (Å²) in [5.74, 6) is 1.18. The van der Waals surface area contributed by atoms with Gasteiger partial charge in [0, 0.05) is 18.6 Å². The van der Waals surface area contributed by atoms with E-state index < -0.39 is 0 Å². The molecule has 0 aliphatic heterocycles. The molecule has 1 aromatic rings. The van der Waals surface area contributed by atoms with Crippen molar-refractivity contribution in [3.63, 3.8) is 0 Å². The summed E-state index contributed by atoms with van der Waals surface area (Å²) in [5, 5.41) is 4.33. The first kappa shape index (κ1) is 13.4. The average molecular weight is 270 g/mol. The molecule has 1 aliphatic carbocycles. The molecule has 5 nitrogen and oxygen atoms in total. The third kappa shape index (κ3) is 3.05. The van der Waals surface area contributed by atoms with Crippen LogP contribution in [0.1, 0.15) is 26.7 Å². The van der Waals surface area contributed by atoms with E-state index in [0.717, 1.165) is 17.6 Å². The minimum absolute atomic E-state index is 0.479. The number of nitrogens with two attached hydrogens (primary N) is 1. The zero-order valence-electron chi connectivity index (χ0n) is 11.3. The van der Waals surface area contributed by atoms with E-state index in [1.807, 2.05) is 6.92 Å². The molecule has 0 amide bonds. The molecule has 2 rings (SSSR count). The highest BCUT2D eigenvalue weighted by atomic mass is 32.1. The van der Waals surface area contributed by atoms with Gasteiger partial charge >= 0.3 is 0 Å². The van der Waals surface area contributed by atoms with Crippen LogP contribution < -0.4 is 15.8 Å². The van der Waals surface area contributed by atoms with Crippen molar-refractivity contribution in [2.75, 3.05) is 31.2 Å². The molecule has 0 radical (unpaired) electrons. The molecule has 0 spiro atoms. The van der Waals surface area contributed by atoms with Gasteiger partial charge in [0.2, 0.25) is 0 Å². The van der Waals surface area contributed by atoms with Gasteiger partial charge < -0.3 is 15.8 Å². The van der Waals surface area contributed by atoms with E-state index in [4.69, 9.17) is 10.5 Å². The van der Waals surface area contributed by atoms with E-state index in [1.165, 1.54) is 24.4 Å². The van der Waals surface area contributed by atoms with E-state index in [2.05, 4.69) is 28.6 Å². The Balaban J connectivity index is 1.88. The van der Waals surface area contributed by atoms with E-state index in [0.29, 0.717) is 24.2 Å². The summed E-state index contributed by atoms with van der Waals surface area (Å²) in [7, 11) is 2.19. The fourth-order valence-electron chi connectivity index (χ4n) is 1.92. The molecule has 1 unspecified atom stereocenters. The molecule has 1 aliphatic rings. The predicted octanol–water partition coefficient (Wildman–Crippen LogP) is 2.02. The maximum atomic E-state index is 5.78. The molecule has 3 N–H and O–H groups in total. The van der Waals surface area contributed by atoms with Crippen molar-refractivity contribution in [1.29, 1.82) is 0 Å². The molecule has 1 fully saturated rings. The zero-order valence-corrected chi connectivity index (χ0v) is 12.1. The Labute approximate surface area is 112 Å². The van der Waals surface area contributed by atoms with Crippen LogP contribution in [-0.2, 0) is 0 Å². The van der Waals surface area contributed by atoms with Gasteiger partial charge in [-0.15, -0.1) is 0 Å². The van der Waals surface area contributed by atoms with Crippen LogP contribution in [-0.4, -0.2) is 41.6 Å². The molecule has 0 aromatic carbocycles. The second-order valence-corrected chi connectivity index (χ2v) is 5.56. The molecule has 102 valence electrons. The Morgan fingerprint density at radius 1 is 1.61 bits per heavy atom. The van der Waals surface area contributed by atoms with Gasteiger partial charge in [0.15, 0.2) is 16.6 Å². The first-order valence-corrected chi connectivity index (χ1v) is 7.24. The summed E-state index contributed by atoms with van der Waals surface area (Å²) in [5.41, 5.74) is 5.78. The summed E-state index contributed by atoms with van der Waals surface area (Å²) < 4.78 is 9.63. The van der Waals surface area contributed by atoms with Gasteiger partial charge in [-0.1, -0.05) is 0 Å². The molecule has 1 atom stereocenters. The fraction of sp³-hybridized carbons (Fsp3) is 0.750. The van der Waals surface area contributed by atoms with E-state index in [-0.39, 0.29) is 0 Å². The van der Waals surface area contributed by atoms with Crippen LogP contribution in [0, 0.1) is 0 Å². The van der Waals surface area contributed by atoms with E-state index >= 15 is 0 Å². The number of nitrogens with one attached hydrogen (secondary N) is 1. The number of nitrogen functional groups attached to an aromatic ring is 1. The van der Waals surface area contributed by atoms with E-state index in [1.54, 1.807) is 0 Å². The number of likely N-dealkylation sites (N-methyl/N-ethyl adjacent to an activating group) is 1. The van der Waals surface area contributed by atoms with Crippen LogP contribution in [0.5, 0.6) is 5.75 Å². The van der Waals surface area contributed by atoms with Crippen molar-refractivity contribution in [2.45, 2.75) is 38.8 Å². The monoisotopic (exact) mass is 270 g/mol. The summed E-state index contributed by atoms with van der Waals surface area (Å²) in [6.45, 7) is 5.67. The Hall–Kier alpha value is -1.01. The molecule has 6 heteroatoms. The van der Waals surface area contributed by atoms with Crippen molar-refractivity contribution in [1.82, 2.24) is 9.27 Å².